The zero-order valence-corrected chi connectivity index (χ0v) is 16.8. The fourth-order valence-electron chi connectivity index (χ4n) is 2.90. The van der Waals surface area contributed by atoms with Crippen molar-refractivity contribution in [3.63, 3.8) is 0 Å². The monoisotopic (exact) mass is 394 g/mol. The molecule has 0 aliphatic heterocycles. The highest BCUT2D eigenvalue weighted by Crippen LogP contribution is 2.15. The molecule has 3 N–H and O–H groups in total. The largest absolute Gasteiger partial charge is 0.348 e. The minimum atomic E-state index is -0.173. The van der Waals surface area contributed by atoms with Crippen LogP contribution in [0.5, 0.6) is 0 Å². The molecule has 144 valence electrons. The zero-order chi connectivity index (χ0) is 19.9. The number of nitrogens with one attached hydrogen (secondary N) is 3. The number of rotatable bonds is 7. The van der Waals surface area contributed by atoms with Crippen molar-refractivity contribution in [3.8, 4) is 0 Å². The van der Waals surface area contributed by atoms with Crippen molar-refractivity contribution in [1.82, 2.24) is 5.32 Å². The Morgan fingerprint density at radius 1 is 0.929 bits per heavy atom. The van der Waals surface area contributed by atoms with E-state index in [0.717, 1.165) is 12.1 Å². The number of benzene rings is 2. The van der Waals surface area contributed by atoms with Gasteiger partial charge in [0.1, 0.15) is 6.54 Å². The molecule has 1 heterocycles. The van der Waals surface area contributed by atoms with Crippen LogP contribution in [0.2, 0.25) is 0 Å². The molecular weight excluding hydrogens is 370 g/mol. The van der Waals surface area contributed by atoms with Crippen molar-refractivity contribution < 1.29 is 14.5 Å². The van der Waals surface area contributed by atoms with Gasteiger partial charge in [0.05, 0.1) is 19.0 Å². The molecule has 0 fully saturated rings. The van der Waals surface area contributed by atoms with E-state index in [-0.39, 0.29) is 11.8 Å². The van der Waals surface area contributed by atoms with Gasteiger partial charge in [0.2, 0.25) is 0 Å². The molecule has 28 heavy (non-hydrogen) atoms. The van der Waals surface area contributed by atoms with Gasteiger partial charge in [0.15, 0.2) is 0 Å². The molecule has 0 bridgehead atoms. The highest BCUT2D eigenvalue weighted by atomic mass is 32.1. The Kier molecular flexibility index (Phi) is 6.57. The molecule has 0 radical (unpaired) electrons. The maximum Gasteiger partial charge on any atom is 0.265 e. The Morgan fingerprint density at radius 3 is 2.43 bits per heavy atom. The first kappa shape index (κ1) is 19.8. The molecule has 0 aliphatic carbocycles. The van der Waals surface area contributed by atoms with E-state index in [1.54, 1.807) is 30.3 Å². The number of hydrogen-bond acceptors (Lipinski definition) is 3. The number of carbonyl (C=O) groups excluding carboxylic acids is 2. The fraction of sp³-hybridized carbons (Fsp3) is 0.182. The smallest absolute Gasteiger partial charge is 0.265 e. The molecule has 2 aromatic carbocycles. The minimum absolute atomic E-state index is 0.167. The Labute approximate surface area is 169 Å². The molecule has 1 aromatic heterocycles. The van der Waals surface area contributed by atoms with Crippen LogP contribution in [0.4, 0.5) is 5.69 Å². The molecule has 0 spiro atoms. The minimum Gasteiger partial charge on any atom is -0.348 e. The van der Waals surface area contributed by atoms with Crippen LogP contribution in [-0.4, -0.2) is 25.9 Å². The molecule has 0 unspecified atom stereocenters. The molecule has 5 nitrogen and oxygen atoms in total. The lowest BCUT2D eigenvalue weighted by Crippen LogP contribution is -3.04. The first-order valence-electron chi connectivity index (χ1n) is 9.12. The molecule has 0 aliphatic rings. The highest BCUT2D eigenvalue weighted by molar-refractivity contribution is 7.12. The van der Waals surface area contributed by atoms with Crippen molar-refractivity contribution in [3.05, 3.63) is 87.6 Å². The van der Waals surface area contributed by atoms with E-state index in [0.29, 0.717) is 22.7 Å². The van der Waals surface area contributed by atoms with Crippen molar-refractivity contribution in [2.24, 2.45) is 0 Å². The maximum absolute atomic E-state index is 12.6. The summed E-state index contributed by atoms with van der Waals surface area (Å²) in [6.45, 7) is 1.37. The molecule has 0 saturated carbocycles. The average molecular weight is 395 g/mol. The van der Waals surface area contributed by atoms with Crippen LogP contribution in [0.3, 0.4) is 0 Å². The van der Waals surface area contributed by atoms with Crippen molar-refractivity contribution >= 4 is 28.8 Å². The first-order valence-corrected chi connectivity index (χ1v) is 10.00. The molecular formula is C22H24N3O2S+. The summed E-state index contributed by atoms with van der Waals surface area (Å²) < 4.78 is 0. The second-order valence-electron chi connectivity index (χ2n) is 6.85. The lowest BCUT2D eigenvalue weighted by Gasteiger charge is -2.13. The van der Waals surface area contributed by atoms with E-state index in [1.165, 1.54) is 21.8 Å². The van der Waals surface area contributed by atoms with Gasteiger partial charge in [-0.1, -0.05) is 36.4 Å². The fourth-order valence-corrected chi connectivity index (χ4v) is 3.52. The number of carbonyl (C=O) groups is 2. The van der Waals surface area contributed by atoms with Gasteiger partial charge >= 0.3 is 0 Å². The predicted molar refractivity (Wildman–Crippen MR) is 113 cm³/mol. The van der Waals surface area contributed by atoms with Gasteiger partial charge in [-0.2, -0.15) is 0 Å². The third-order valence-electron chi connectivity index (χ3n) is 4.23. The van der Waals surface area contributed by atoms with E-state index in [9.17, 15) is 9.59 Å². The van der Waals surface area contributed by atoms with Crippen LogP contribution in [0.15, 0.2) is 66.0 Å². The normalized spacial score (nSPS) is 10.7. The summed E-state index contributed by atoms with van der Waals surface area (Å²) in [7, 11) is 4.21. The van der Waals surface area contributed by atoms with Crippen molar-refractivity contribution in [1.29, 1.82) is 0 Å². The summed E-state index contributed by atoms with van der Waals surface area (Å²) >= 11 is 1.38. The number of quaternary nitrogens is 1. The van der Waals surface area contributed by atoms with Gasteiger partial charge in [-0.3, -0.25) is 9.59 Å². The van der Waals surface area contributed by atoms with Crippen molar-refractivity contribution in [2.75, 3.05) is 19.4 Å². The molecule has 3 rings (SSSR count). The zero-order valence-electron chi connectivity index (χ0n) is 16.0. The summed E-state index contributed by atoms with van der Waals surface area (Å²) in [4.78, 5) is 26.7. The lowest BCUT2D eigenvalue weighted by molar-refractivity contribution is -0.872. The summed E-state index contributed by atoms with van der Waals surface area (Å²) in [5.41, 5.74) is 3.45. The number of amides is 2. The van der Waals surface area contributed by atoms with Crippen molar-refractivity contribution in [2.45, 2.75) is 13.1 Å². The summed E-state index contributed by atoms with van der Waals surface area (Å²) in [5, 5.41) is 7.67. The second-order valence-corrected chi connectivity index (χ2v) is 7.80. The van der Waals surface area contributed by atoms with E-state index in [4.69, 9.17) is 0 Å². The lowest BCUT2D eigenvalue weighted by atomic mass is 10.1. The van der Waals surface area contributed by atoms with Crippen LogP contribution >= 0.6 is 11.3 Å². The number of anilines is 1. The molecule has 6 heteroatoms. The second kappa shape index (κ2) is 9.30. The Balaban J connectivity index is 1.65. The van der Waals surface area contributed by atoms with Gasteiger partial charge in [0.25, 0.3) is 11.8 Å². The van der Waals surface area contributed by atoms with Crippen LogP contribution in [0, 0.1) is 0 Å². The van der Waals surface area contributed by atoms with E-state index < -0.39 is 0 Å². The molecule has 3 aromatic rings. The quantitative estimate of drug-likeness (QED) is 0.577. The van der Waals surface area contributed by atoms with E-state index >= 15 is 0 Å². The maximum atomic E-state index is 12.6. The topological polar surface area (TPSA) is 62.6 Å². The van der Waals surface area contributed by atoms with Gasteiger partial charge in [-0.05, 0) is 35.2 Å². The van der Waals surface area contributed by atoms with Crippen LogP contribution in [0.1, 0.15) is 31.2 Å². The number of thiophene rings is 1. The Bertz CT molecular complexity index is 952. The summed E-state index contributed by atoms with van der Waals surface area (Å²) in [6.07, 6.45) is 0. The van der Waals surface area contributed by atoms with Gasteiger partial charge < -0.3 is 15.5 Å². The predicted octanol–water partition coefficient (Wildman–Crippen LogP) is 2.57. The van der Waals surface area contributed by atoms with Crippen LogP contribution < -0.4 is 15.5 Å². The first-order chi connectivity index (χ1) is 13.5. The third kappa shape index (κ3) is 5.28. The molecule has 0 saturated heterocycles. The molecule has 0 atom stereocenters. The standard InChI is InChI=1S/C22H23N3O2S/c1-25(2)15-18-8-4-3-7-17(18)14-23-21(26)16-9-5-10-19(13-16)24-22(27)20-11-6-12-28-20/h3-13H,14-15H2,1-2H3,(H,23,26)(H,24,27)/p+1. The van der Waals surface area contributed by atoms with Crippen LogP contribution in [-0.2, 0) is 13.1 Å². The van der Waals surface area contributed by atoms with Gasteiger partial charge in [0, 0.05) is 23.4 Å². The Morgan fingerprint density at radius 2 is 1.71 bits per heavy atom. The SMILES string of the molecule is C[NH+](C)Cc1ccccc1CNC(=O)c1cccc(NC(=O)c2cccs2)c1. The number of hydrogen-bond donors (Lipinski definition) is 3. The summed E-state index contributed by atoms with van der Waals surface area (Å²) in [6, 6.07) is 18.7. The third-order valence-corrected chi connectivity index (χ3v) is 5.10. The van der Waals surface area contributed by atoms with E-state index in [2.05, 4.69) is 30.8 Å². The highest BCUT2D eigenvalue weighted by Gasteiger charge is 2.11. The van der Waals surface area contributed by atoms with E-state index in [1.807, 2.05) is 29.6 Å². The van der Waals surface area contributed by atoms with Gasteiger partial charge in [-0.15, -0.1) is 11.3 Å². The van der Waals surface area contributed by atoms with Gasteiger partial charge in [-0.25, -0.2) is 0 Å². The molecule has 2 amide bonds. The van der Waals surface area contributed by atoms with Crippen LogP contribution in [0.25, 0.3) is 0 Å². The summed E-state index contributed by atoms with van der Waals surface area (Å²) in [5.74, 6) is -0.341. The average Bonchev–Trinajstić information content (AvgIpc) is 3.22. The Hall–Kier alpha value is -2.96.